The van der Waals surface area contributed by atoms with Gasteiger partial charge < -0.3 is 10.1 Å². The highest BCUT2D eigenvalue weighted by Gasteiger charge is 1.99. The number of thioether (sulfide) groups is 1. The zero-order chi connectivity index (χ0) is 12.3. The van der Waals surface area contributed by atoms with E-state index in [2.05, 4.69) is 5.32 Å². The maximum atomic E-state index is 11.3. The summed E-state index contributed by atoms with van der Waals surface area (Å²) in [5.74, 6) is 2.33. The molecule has 1 N–H and O–H groups in total. The number of nitrogens with one attached hydrogen (secondary N) is 1. The summed E-state index contributed by atoms with van der Waals surface area (Å²) in [5, 5.41) is 2.84. The van der Waals surface area contributed by atoms with E-state index < -0.39 is 0 Å². The van der Waals surface area contributed by atoms with Gasteiger partial charge in [-0.05, 0) is 18.6 Å². The molecule has 0 aliphatic rings. The first-order valence-corrected chi connectivity index (χ1v) is 7.00. The third kappa shape index (κ3) is 6.89. The van der Waals surface area contributed by atoms with Gasteiger partial charge in [0.15, 0.2) is 0 Å². The average molecular weight is 253 g/mol. The van der Waals surface area contributed by atoms with Crippen molar-refractivity contribution in [3.63, 3.8) is 0 Å². The Kier molecular flexibility index (Phi) is 7.30. The maximum absolute atomic E-state index is 11.3. The lowest BCUT2D eigenvalue weighted by Gasteiger charge is -2.06. The summed E-state index contributed by atoms with van der Waals surface area (Å²) in [4.78, 5) is 11.3. The van der Waals surface area contributed by atoms with Gasteiger partial charge in [-0.1, -0.05) is 25.1 Å². The van der Waals surface area contributed by atoms with Crippen LogP contribution in [0.1, 0.15) is 13.3 Å². The van der Waals surface area contributed by atoms with Crippen molar-refractivity contribution >= 4 is 17.7 Å². The predicted octanol–water partition coefficient (Wildman–Crippen LogP) is 2.32. The third-order valence-electron chi connectivity index (χ3n) is 2.04. The van der Waals surface area contributed by atoms with Gasteiger partial charge in [0.1, 0.15) is 5.75 Å². The Balaban J connectivity index is 1.99. The lowest BCUT2D eigenvalue weighted by atomic mass is 10.3. The second-order valence-corrected chi connectivity index (χ2v) is 4.67. The SMILES string of the molecule is CCCNC(=O)CSCCOc1ccccc1. The number of amides is 1. The molecule has 0 saturated heterocycles. The Bertz CT molecular complexity index is 316. The molecule has 4 heteroatoms. The van der Waals surface area contributed by atoms with Crippen molar-refractivity contribution in [3.05, 3.63) is 30.3 Å². The summed E-state index contributed by atoms with van der Waals surface area (Å²) in [6.45, 7) is 3.44. The fourth-order valence-corrected chi connectivity index (χ4v) is 1.85. The molecule has 0 aliphatic heterocycles. The Morgan fingerprint density at radius 1 is 1.35 bits per heavy atom. The first-order chi connectivity index (χ1) is 8.33. The Morgan fingerprint density at radius 2 is 2.12 bits per heavy atom. The van der Waals surface area contributed by atoms with Crippen LogP contribution in [0.15, 0.2) is 30.3 Å². The fraction of sp³-hybridized carbons (Fsp3) is 0.462. The smallest absolute Gasteiger partial charge is 0.229 e. The summed E-state index contributed by atoms with van der Waals surface area (Å²) in [7, 11) is 0. The predicted molar refractivity (Wildman–Crippen MR) is 72.6 cm³/mol. The normalized spacial score (nSPS) is 9.94. The van der Waals surface area contributed by atoms with Gasteiger partial charge in [0, 0.05) is 12.3 Å². The molecule has 0 radical (unpaired) electrons. The van der Waals surface area contributed by atoms with Gasteiger partial charge in [-0.2, -0.15) is 0 Å². The van der Waals surface area contributed by atoms with E-state index in [0.29, 0.717) is 12.4 Å². The molecule has 94 valence electrons. The van der Waals surface area contributed by atoms with Crippen LogP contribution in [-0.2, 0) is 4.79 Å². The van der Waals surface area contributed by atoms with Crippen molar-refractivity contribution in [1.29, 1.82) is 0 Å². The van der Waals surface area contributed by atoms with E-state index in [4.69, 9.17) is 4.74 Å². The molecule has 0 aromatic heterocycles. The minimum Gasteiger partial charge on any atom is -0.493 e. The van der Waals surface area contributed by atoms with E-state index in [-0.39, 0.29) is 5.91 Å². The van der Waals surface area contributed by atoms with Gasteiger partial charge >= 0.3 is 0 Å². The Labute approximate surface area is 107 Å². The molecule has 1 aromatic carbocycles. The monoisotopic (exact) mass is 253 g/mol. The molecule has 0 heterocycles. The van der Waals surface area contributed by atoms with Gasteiger partial charge in [-0.25, -0.2) is 0 Å². The molecule has 0 aliphatic carbocycles. The van der Waals surface area contributed by atoms with E-state index in [1.54, 1.807) is 11.8 Å². The van der Waals surface area contributed by atoms with E-state index in [9.17, 15) is 4.79 Å². The molecule has 1 rings (SSSR count). The molecule has 0 atom stereocenters. The fourth-order valence-electron chi connectivity index (χ4n) is 1.22. The molecule has 0 saturated carbocycles. The summed E-state index contributed by atoms with van der Waals surface area (Å²) >= 11 is 1.59. The molecule has 0 bridgehead atoms. The molecule has 0 fully saturated rings. The molecular weight excluding hydrogens is 234 g/mol. The van der Waals surface area contributed by atoms with Crippen molar-refractivity contribution in [2.45, 2.75) is 13.3 Å². The zero-order valence-corrected chi connectivity index (χ0v) is 11.0. The van der Waals surface area contributed by atoms with Crippen LogP contribution in [0.25, 0.3) is 0 Å². The van der Waals surface area contributed by atoms with Crippen LogP contribution in [0.5, 0.6) is 5.75 Å². The Hall–Kier alpha value is -1.16. The average Bonchev–Trinajstić information content (AvgIpc) is 2.37. The van der Waals surface area contributed by atoms with Gasteiger partial charge in [-0.15, -0.1) is 11.8 Å². The van der Waals surface area contributed by atoms with Crippen LogP contribution in [0.3, 0.4) is 0 Å². The Morgan fingerprint density at radius 3 is 2.82 bits per heavy atom. The quantitative estimate of drug-likeness (QED) is 0.723. The molecular formula is C13H19NO2S. The number of hydrogen-bond donors (Lipinski definition) is 1. The highest BCUT2D eigenvalue weighted by molar-refractivity contribution is 7.99. The lowest BCUT2D eigenvalue weighted by molar-refractivity contribution is -0.118. The van der Waals surface area contributed by atoms with Crippen molar-refractivity contribution in [3.8, 4) is 5.75 Å². The van der Waals surface area contributed by atoms with Crippen molar-refractivity contribution in [2.75, 3.05) is 24.7 Å². The second kappa shape index (κ2) is 8.93. The van der Waals surface area contributed by atoms with E-state index in [0.717, 1.165) is 24.5 Å². The van der Waals surface area contributed by atoms with Crippen molar-refractivity contribution in [1.82, 2.24) is 5.32 Å². The number of benzene rings is 1. The van der Waals surface area contributed by atoms with Crippen molar-refractivity contribution < 1.29 is 9.53 Å². The van der Waals surface area contributed by atoms with Gasteiger partial charge in [-0.3, -0.25) is 4.79 Å². The van der Waals surface area contributed by atoms with E-state index >= 15 is 0 Å². The maximum Gasteiger partial charge on any atom is 0.229 e. The minimum absolute atomic E-state index is 0.108. The topological polar surface area (TPSA) is 38.3 Å². The second-order valence-electron chi connectivity index (χ2n) is 3.56. The lowest BCUT2D eigenvalue weighted by Crippen LogP contribution is -2.26. The van der Waals surface area contributed by atoms with Gasteiger partial charge in [0.2, 0.25) is 5.91 Å². The number of para-hydroxylation sites is 1. The van der Waals surface area contributed by atoms with Gasteiger partial charge in [0.25, 0.3) is 0 Å². The molecule has 0 unspecified atom stereocenters. The molecule has 3 nitrogen and oxygen atoms in total. The highest BCUT2D eigenvalue weighted by Crippen LogP contribution is 2.09. The van der Waals surface area contributed by atoms with Crippen LogP contribution in [0.4, 0.5) is 0 Å². The third-order valence-corrected chi connectivity index (χ3v) is 2.97. The number of hydrogen-bond acceptors (Lipinski definition) is 3. The largest absolute Gasteiger partial charge is 0.493 e. The van der Waals surface area contributed by atoms with Crippen LogP contribution >= 0.6 is 11.8 Å². The van der Waals surface area contributed by atoms with E-state index in [1.165, 1.54) is 0 Å². The number of carbonyl (C=O) groups excluding carboxylic acids is 1. The highest BCUT2D eigenvalue weighted by atomic mass is 32.2. The van der Waals surface area contributed by atoms with Crippen LogP contribution in [0, 0.1) is 0 Å². The summed E-state index contributed by atoms with van der Waals surface area (Å²) < 4.78 is 5.52. The zero-order valence-electron chi connectivity index (χ0n) is 10.1. The van der Waals surface area contributed by atoms with Crippen LogP contribution in [-0.4, -0.2) is 30.6 Å². The first kappa shape index (κ1) is 13.9. The van der Waals surface area contributed by atoms with Crippen molar-refractivity contribution in [2.24, 2.45) is 0 Å². The van der Waals surface area contributed by atoms with Crippen LogP contribution in [0.2, 0.25) is 0 Å². The molecule has 1 aromatic rings. The minimum atomic E-state index is 0.108. The molecule has 1 amide bonds. The summed E-state index contributed by atoms with van der Waals surface area (Å²) in [5.41, 5.74) is 0. The number of ether oxygens (including phenoxy) is 1. The standard InChI is InChI=1S/C13H19NO2S/c1-2-8-14-13(15)11-17-10-9-16-12-6-4-3-5-7-12/h3-7H,2,8-11H2,1H3,(H,14,15). The van der Waals surface area contributed by atoms with Gasteiger partial charge in [0.05, 0.1) is 12.4 Å². The molecule has 0 spiro atoms. The van der Waals surface area contributed by atoms with Crippen LogP contribution < -0.4 is 10.1 Å². The summed E-state index contributed by atoms with van der Waals surface area (Å²) in [6.07, 6.45) is 0.980. The number of rotatable bonds is 8. The summed E-state index contributed by atoms with van der Waals surface area (Å²) in [6, 6.07) is 9.71. The number of carbonyl (C=O) groups is 1. The molecule has 17 heavy (non-hydrogen) atoms. The first-order valence-electron chi connectivity index (χ1n) is 5.85. The van der Waals surface area contributed by atoms with E-state index in [1.807, 2.05) is 37.3 Å².